The third kappa shape index (κ3) is 2.06. The van der Waals surface area contributed by atoms with Gasteiger partial charge in [-0.3, -0.25) is 9.59 Å². The van der Waals surface area contributed by atoms with Crippen LogP contribution in [0.2, 0.25) is 10.0 Å². The van der Waals surface area contributed by atoms with Crippen molar-refractivity contribution in [1.82, 2.24) is 4.98 Å². The summed E-state index contributed by atoms with van der Waals surface area (Å²) in [6.07, 6.45) is 0. The molecule has 2 aromatic rings. The molecule has 0 saturated carbocycles. The molecule has 0 spiro atoms. The Morgan fingerprint density at radius 2 is 1.88 bits per heavy atom. The number of halogens is 3. The van der Waals surface area contributed by atoms with E-state index in [-0.39, 0.29) is 25.4 Å². The standard InChI is InChI=1S/C10H4BrCl2NO3/c11-8-7-4(1-3(12)9(8)13)14-10(17)6(16)2-5(7)15/h1-2,16H,(H,14,17). The third-order valence-electron chi connectivity index (χ3n) is 2.16. The van der Waals surface area contributed by atoms with E-state index in [2.05, 4.69) is 20.9 Å². The van der Waals surface area contributed by atoms with Crippen molar-refractivity contribution in [1.29, 1.82) is 0 Å². The van der Waals surface area contributed by atoms with Crippen molar-refractivity contribution >= 4 is 50.0 Å². The molecule has 0 unspecified atom stereocenters. The van der Waals surface area contributed by atoms with Gasteiger partial charge in [0.1, 0.15) is 0 Å². The summed E-state index contributed by atoms with van der Waals surface area (Å²) in [6.45, 7) is 0. The van der Waals surface area contributed by atoms with Gasteiger partial charge in [0.25, 0.3) is 5.56 Å². The molecule has 0 amide bonds. The number of hydrogen-bond acceptors (Lipinski definition) is 3. The van der Waals surface area contributed by atoms with Crippen LogP contribution in [0.1, 0.15) is 0 Å². The van der Waals surface area contributed by atoms with Crippen LogP contribution in [0, 0.1) is 0 Å². The summed E-state index contributed by atoms with van der Waals surface area (Å²) in [5.74, 6) is -0.662. The van der Waals surface area contributed by atoms with E-state index in [0.717, 1.165) is 6.07 Å². The summed E-state index contributed by atoms with van der Waals surface area (Å²) in [5, 5.41) is 9.78. The molecule has 0 aliphatic carbocycles. The lowest BCUT2D eigenvalue weighted by Crippen LogP contribution is -2.00. The second-order valence-electron chi connectivity index (χ2n) is 3.26. The van der Waals surface area contributed by atoms with Gasteiger partial charge in [0.2, 0.25) is 0 Å². The van der Waals surface area contributed by atoms with Gasteiger partial charge in [0.05, 0.1) is 25.4 Å². The highest BCUT2D eigenvalue weighted by Crippen LogP contribution is 2.34. The predicted octanol–water partition coefficient (Wildman–Crippen LogP) is 2.66. The second kappa shape index (κ2) is 4.33. The van der Waals surface area contributed by atoms with E-state index in [9.17, 15) is 14.7 Å². The average Bonchev–Trinajstić information content (AvgIpc) is 2.34. The number of hydrogen-bond donors (Lipinski definition) is 2. The molecule has 0 radical (unpaired) electrons. The van der Waals surface area contributed by atoms with E-state index >= 15 is 0 Å². The second-order valence-corrected chi connectivity index (χ2v) is 4.84. The van der Waals surface area contributed by atoms with Crippen molar-refractivity contribution in [2.45, 2.75) is 0 Å². The van der Waals surface area contributed by atoms with Crippen LogP contribution in [0.15, 0.2) is 26.2 Å². The van der Waals surface area contributed by atoms with Gasteiger partial charge < -0.3 is 10.1 Å². The number of rotatable bonds is 0. The highest BCUT2D eigenvalue weighted by Gasteiger charge is 2.12. The summed E-state index contributed by atoms with van der Waals surface area (Å²) < 4.78 is 0.276. The Labute approximate surface area is 113 Å². The summed E-state index contributed by atoms with van der Waals surface area (Å²) in [6, 6.07) is 2.18. The minimum absolute atomic E-state index is 0.150. The maximum Gasteiger partial charge on any atom is 0.290 e. The van der Waals surface area contributed by atoms with Crippen LogP contribution in [-0.4, -0.2) is 10.1 Å². The van der Waals surface area contributed by atoms with Gasteiger partial charge in [-0.05, 0) is 22.0 Å². The SMILES string of the molecule is O=c1[nH]c2cc(Cl)c(Cl)c(Br)c2c(=O)cc1O. The zero-order chi connectivity index (χ0) is 12.7. The summed E-state index contributed by atoms with van der Waals surface area (Å²) in [5.41, 5.74) is -1.12. The van der Waals surface area contributed by atoms with Gasteiger partial charge in [0, 0.05) is 6.07 Å². The van der Waals surface area contributed by atoms with Crippen LogP contribution in [0.25, 0.3) is 10.9 Å². The molecule has 88 valence electrons. The quantitative estimate of drug-likeness (QED) is 0.726. The molecule has 0 fully saturated rings. The van der Waals surface area contributed by atoms with Crippen LogP contribution >= 0.6 is 39.1 Å². The van der Waals surface area contributed by atoms with Gasteiger partial charge in [-0.1, -0.05) is 23.2 Å². The Kier molecular flexibility index (Phi) is 3.16. The van der Waals surface area contributed by atoms with Crippen molar-refractivity contribution in [2.24, 2.45) is 0 Å². The van der Waals surface area contributed by atoms with Crippen molar-refractivity contribution in [2.75, 3.05) is 0 Å². The van der Waals surface area contributed by atoms with Gasteiger partial charge in [-0.2, -0.15) is 0 Å². The molecule has 2 rings (SSSR count). The molecule has 0 aliphatic heterocycles. The first-order chi connectivity index (χ1) is 7.91. The first kappa shape index (κ1) is 12.4. The molecule has 2 N–H and O–H groups in total. The lowest BCUT2D eigenvalue weighted by atomic mass is 10.2. The van der Waals surface area contributed by atoms with E-state index in [1.54, 1.807) is 0 Å². The molecule has 7 heteroatoms. The lowest BCUT2D eigenvalue weighted by Gasteiger charge is -2.01. The summed E-state index contributed by atoms with van der Waals surface area (Å²) in [7, 11) is 0. The fourth-order valence-electron chi connectivity index (χ4n) is 1.38. The number of aromatic hydroxyl groups is 1. The molecule has 17 heavy (non-hydrogen) atoms. The van der Waals surface area contributed by atoms with E-state index in [0.29, 0.717) is 0 Å². The Balaban J connectivity index is 3.20. The maximum atomic E-state index is 11.8. The van der Waals surface area contributed by atoms with Crippen LogP contribution in [0.3, 0.4) is 0 Å². The lowest BCUT2D eigenvalue weighted by molar-refractivity contribution is 0.468. The minimum Gasteiger partial charge on any atom is -0.503 e. The largest absolute Gasteiger partial charge is 0.503 e. The molecule has 0 saturated heterocycles. The molecule has 0 bridgehead atoms. The van der Waals surface area contributed by atoms with Crippen molar-refractivity contribution < 1.29 is 5.11 Å². The van der Waals surface area contributed by atoms with Crippen LogP contribution < -0.4 is 11.0 Å². The van der Waals surface area contributed by atoms with Crippen molar-refractivity contribution in [3.63, 3.8) is 0 Å². The Hall–Kier alpha value is -1.04. The molecular weight excluding hydrogens is 333 g/mol. The topological polar surface area (TPSA) is 70.2 Å². The highest BCUT2D eigenvalue weighted by molar-refractivity contribution is 9.10. The summed E-state index contributed by atoms with van der Waals surface area (Å²) >= 11 is 14.8. The summed E-state index contributed by atoms with van der Waals surface area (Å²) in [4.78, 5) is 25.5. The number of H-pyrrole nitrogens is 1. The average molecular weight is 337 g/mol. The van der Waals surface area contributed by atoms with Crippen LogP contribution in [-0.2, 0) is 0 Å². The third-order valence-corrected chi connectivity index (χ3v) is 3.97. The zero-order valence-electron chi connectivity index (χ0n) is 8.05. The number of benzene rings is 1. The van der Waals surface area contributed by atoms with E-state index in [1.807, 2.05) is 0 Å². The molecule has 0 aliphatic rings. The monoisotopic (exact) mass is 335 g/mol. The van der Waals surface area contributed by atoms with Gasteiger partial charge in [0.15, 0.2) is 11.2 Å². The number of nitrogens with one attached hydrogen (secondary N) is 1. The molecule has 1 aromatic carbocycles. The molecule has 1 aromatic heterocycles. The van der Waals surface area contributed by atoms with E-state index in [4.69, 9.17) is 23.2 Å². The molecule has 0 atom stereocenters. The van der Waals surface area contributed by atoms with Gasteiger partial charge >= 0.3 is 0 Å². The minimum atomic E-state index is -0.776. The Morgan fingerprint density at radius 3 is 2.53 bits per heavy atom. The van der Waals surface area contributed by atoms with E-state index < -0.39 is 16.7 Å². The normalized spacial score (nSPS) is 10.8. The highest BCUT2D eigenvalue weighted by atomic mass is 79.9. The molecule has 1 heterocycles. The Morgan fingerprint density at radius 1 is 1.24 bits per heavy atom. The number of aromatic amines is 1. The fourth-order valence-corrected chi connectivity index (χ4v) is 2.47. The molecule has 4 nitrogen and oxygen atoms in total. The number of fused-ring (bicyclic) bond motifs is 1. The maximum absolute atomic E-state index is 11.8. The van der Waals surface area contributed by atoms with Gasteiger partial charge in [-0.15, -0.1) is 0 Å². The van der Waals surface area contributed by atoms with E-state index in [1.165, 1.54) is 6.07 Å². The zero-order valence-corrected chi connectivity index (χ0v) is 11.2. The van der Waals surface area contributed by atoms with Crippen LogP contribution in [0.4, 0.5) is 0 Å². The predicted molar refractivity (Wildman–Crippen MR) is 70.2 cm³/mol. The van der Waals surface area contributed by atoms with Crippen molar-refractivity contribution in [3.05, 3.63) is 47.2 Å². The molecular formula is C10H4BrCl2NO3. The first-order valence-corrected chi connectivity index (χ1v) is 5.90. The number of aromatic nitrogens is 1. The van der Waals surface area contributed by atoms with Crippen LogP contribution in [0.5, 0.6) is 5.75 Å². The van der Waals surface area contributed by atoms with Gasteiger partial charge in [-0.25, -0.2) is 0 Å². The first-order valence-electron chi connectivity index (χ1n) is 4.35. The smallest absolute Gasteiger partial charge is 0.290 e. The Bertz CT molecular complexity index is 742. The fraction of sp³-hybridized carbons (Fsp3) is 0. The van der Waals surface area contributed by atoms with Crippen molar-refractivity contribution in [3.8, 4) is 5.75 Å².